The average Bonchev–Trinajstić information content (AvgIpc) is 2.26. The van der Waals surface area contributed by atoms with Crippen LogP contribution < -0.4 is 5.73 Å². The molecule has 1 amide bonds. The van der Waals surface area contributed by atoms with Crippen LogP contribution in [0, 0.1) is 0 Å². The number of carbonyl (C=O) groups excluding carboxylic acids is 1. The minimum atomic E-state index is -0.291. The maximum Gasteiger partial charge on any atom is 0.224 e. The molecule has 0 saturated heterocycles. The highest BCUT2D eigenvalue weighted by molar-refractivity contribution is 7.93. The molecule has 0 heterocycles. The van der Waals surface area contributed by atoms with Crippen molar-refractivity contribution < 1.29 is 9.35 Å². The molecule has 4 heteroatoms. The van der Waals surface area contributed by atoms with E-state index in [-0.39, 0.29) is 11.8 Å². The Balaban J connectivity index is 2.86. The lowest BCUT2D eigenvalue weighted by Gasteiger charge is -2.12. The van der Waals surface area contributed by atoms with Gasteiger partial charge in [0.15, 0.2) is 0 Å². The first-order valence-electron chi connectivity index (χ1n) is 4.89. The van der Waals surface area contributed by atoms with Gasteiger partial charge in [0.25, 0.3) is 0 Å². The standard InChI is InChI=1S/C11H15NO2S/c1-2-3-10(11(12)13)8-4-6-9(15-14)7-5-8/h4-7,10,14H,2-3H2,1H3,(H2,12,13). The maximum atomic E-state index is 11.2. The summed E-state index contributed by atoms with van der Waals surface area (Å²) in [6.45, 7) is 2.02. The zero-order chi connectivity index (χ0) is 11.3. The molecule has 3 N–H and O–H groups in total. The van der Waals surface area contributed by atoms with E-state index in [2.05, 4.69) is 0 Å². The summed E-state index contributed by atoms with van der Waals surface area (Å²) in [6, 6.07) is 7.24. The second kappa shape index (κ2) is 5.78. The van der Waals surface area contributed by atoms with Gasteiger partial charge in [-0.25, -0.2) is 0 Å². The van der Waals surface area contributed by atoms with Gasteiger partial charge in [-0.2, -0.15) is 0 Å². The monoisotopic (exact) mass is 225 g/mol. The summed E-state index contributed by atoms with van der Waals surface area (Å²) in [5.41, 5.74) is 6.25. The van der Waals surface area contributed by atoms with Crippen LogP contribution in [-0.4, -0.2) is 10.5 Å². The Hall–Kier alpha value is -1.00. The van der Waals surface area contributed by atoms with Crippen LogP contribution >= 0.6 is 12.0 Å². The first-order chi connectivity index (χ1) is 7.19. The van der Waals surface area contributed by atoms with Crippen molar-refractivity contribution in [2.75, 3.05) is 0 Å². The Kier molecular flexibility index (Phi) is 4.65. The molecule has 0 bridgehead atoms. The van der Waals surface area contributed by atoms with Gasteiger partial charge in [0.2, 0.25) is 5.91 Å². The molecule has 1 rings (SSSR count). The molecule has 0 radical (unpaired) electrons. The van der Waals surface area contributed by atoms with E-state index in [1.807, 2.05) is 19.1 Å². The fourth-order valence-electron chi connectivity index (χ4n) is 1.52. The molecule has 0 spiro atoms. The highest BCUT2D eigenvalue weighted by Gasteiger charge is 2.16. The quantitative estimate of drug-likeness (QED) is 0.757. The zero-order valence-corrected chi connectivity index (χ0v) is 9.46. The molecule has 15 heavy (non-hydrogen) atoms. The van der Waals surface area contributed by atoms with Crippen molar-refractivity contribution in [1.82, 2.24) is 0 Å². The number of carbonyl (C=O) groups is 1. The van der Waals surface area contributed by atoms with Crippen LogP contribution in [0.25, 0.3) is 0 Å². The molecule has 1 atom stereocenters. The van der Waals surface area contributed by atoms with Crippen molar-refractivity contribution in [3.8, 4) is 0 Å². The third-order valence-corrected chi connectivity index (χ3v) is 2.79. The fraction of sp³-hybridized carbons (Fsp3) is 0.364. The Morgan fingerprint density at radius 2 is 2.07 bits per heavy atom. The van der Waals surface area contributed by atoms with E-state index in [4.69, 9.17) is 10.3 Å². The Morgan fingerprint density at radius 3 is 2.47 bits per heavy atom. The molecule has 0 aliphatic carbocycles. The van der Waals surface area contributed by atoms with E-state index >= 15 is 0 Å². The average molecular weight is 225 g/mol. The van der Waals surface area contributed by atoms with Gasteiger partial charge in [0, 0.05) is 16.9 Å². The van der Waals surface area contributed by atoms with E-state index in [0.29, 0.717) is 12.0 Å². The summed E-state index contributed by atoms with van der Waals surface area (Å²) in [6.07, 6.45) is 1.69. The van der Waals surface area contributed by atoms with Crippen LogP contribution in [0.1, 0.15) is 31.2 Å². The summed E-state index contributed by atoms with van der Waals surface area (Å²) in [5.74, 6) is -0.506. The van der Waals surface area contributed by atoms with Gasteiger partial charge in [0.05, 0.1) is 5.92 Å². The minimum absolute atomic E-state index is 0.215. The Bertz CT molecular complexity index is 324. The molecular formula is C11H15NO2S. The van der Waals surface area contributed by atoms with Crippen molar-refractivity contribution in [2.45, 2.75) is 30.6 Å². The molecule has 0 aromatic heterocycles. The first kappa shape index (κ1) is 12.1. The summed E-state index contributed by atoms with van der Waals surface area (Å²) in [7, 11) is 0. The summed E-state index contributed by atoms with van der Waals surface area (Å²) in [4.78, 5) is 12.0. The Labute approximate surface area is 93.9 Å². The van der Waals surface area contributed by atoms with Gasteiger partial charge in [-0.3, -0.25) is 4.79 Å². The van der Waals surface area contributed by atoms with Crippen molar-refractivity contribution in [1.29, 1.82) is 0 Å². The molecule has 1 unspecified atom stereocenters. The topological polar surface area (TPSA) is 63.3 Å². The lowest BCUT2D eigenvalue weighted by Crippen LogP contribution is -2.21. The number of hydrogen-bond donors (Lipinski definition) is 2. The SMILES string of the molecule is CCCC(C(N)=O)c1ccc(SO)cc1. The van der Waals surface area contributed by atoms with E-state index in [1.54, 1.807) is 12.1 Å². The molecule has 0 saturated carbocycles. The van der Waals surface area contributed by atoms with Crippen molar-refractivity contribution in [3.63, 3.8) is 0 Å². The molecular weight excluding hydrogens is 210 g/mol. The van der Waals surface area contributed by atoms with Crippen molar-refractivity contribution >= 4 is 17.9 Å². The fourth-order valence-corrected chi connectivity index (χ4v) is 1.78. The lowest BCUT2D eigenvalue weighted by molar-refractivity contribution is -0.119. The van der Waals surface area contributed by atoms with Gasteiger partial charge < -0.3 is 10.3 Å². The lowest BCUT2D eigenvalue weighted by atomic mass is 9.94. The molecule has 1 aromatic carbocycles. The molecule has 0 fully saturated rings. The largest absolute Gasteiger partial charge is 0.369 e. The van der Waals surface area contributed by atoms with Crippen LogP contribution in [0.4, 0.5) is 0 Å². The highest BCUT2D eigenvalue weighted by Crippen LogP contribution is 2.23. The van der Waals surface area contributed by atoms with Gasteiger partial charge in [-0.1, -0.05) is 25.5 Å². The highest BCUT2D eigenvalue weighted by atomic mass is 32.2. The van der Waals surface area contributed by atoms with E-state index < -0.39 is 0 Å². The third-order valence-electron chi connectivity index (χ3n) is 2.31. The van der Waals surface area contributed by atoms with Crippen LogP contribution in [0.5, 0.6) is 0 Å². The molecule has 1 aromatic rings. The normalized spacial score (nSPS) is 12.4. The van der Waals surface area contributed by atoms with Gasteiger partial charge in [-0.15, -0.1) is 0 Å². The first-order valence-corrected chi connectivity index (χ1v) is 5.67. The van der Waals surface area contributed by atoms with Crippen LogP contribution in [0.15, 0.2) is 29.2 Å². The van der Waals surface area contributed by atoms with Crippen LogP contribution in [-0.2, 0) is 4.79 Å². The number of amides is 1. The van der Waals surface area contributed by atoms with Crippen LogP contribution in [0.3, 0.4) is 0 Å². The predicted octanol–water partition coefficient (Wildman–Crippen LogP) is 2.62. The van der Waals surface area contributed by atoms with Gasteiger partial charge >= 0.3 is 0 Å². The molecule has 0 aliphatic rings. The molecule has 3 nitrogen and oxygen atoms in total. The second-order valence-corrected chi connectivity index (χ2v) is 4.06. The molecule has 0 aliphatic heterocycles. The number of benzene rings is 1. The van der Waals surface area contributed by atoms with Crippen molar-refractivity contribution in [3.05, 3.63) is 29.8 Å². The second-order valence-electron chi connectivity index (χ2n) is 3.40. The van der Waals surface area contributed by atoms with E-state index in [1.165, 1.54) is 0 Å². The van der Waals surface area contributed by atoms with Crippen LogP contribution in [0.2, 0.25) is 0 Å². The van der Waals surface area contributed by atoms with E-state index in [9.17, 15) is 4.79 Å². The Morgan fingerprint density at radius 1 is 1.47 bits per heavy atom. The summed E-state index contributed by atoms with van der Waals surface area (Å²) in [5, 5.41) is 0. The summed E-state index contributed by atoms with van der Waals surface area (Å²) < 4.78 is 8.80. The predicted molar refractivity (Wildman–Crippen MR) is 61.8 cm³/mol. The zero-order valence-electron chi connectivity index (χ0n) is 8.64. The van der Waals surface area contributed by atoms with E-state index in [0.717, 1.165) is 23.3 Å². The third kappa shape index (κ3) is 3.25. The maximum absolute atomic E-state index is 11.2. The van der Waals surface area contributed by atoms with Gasteiger partial charge in [-0.05, 0) is 24.1 Å². The summed E-state index contributed by atoms with van der Waals surface area (Å²) >= 11 is 0.695. The number of rotatable bonds is 5. The van der Waals surface area contributed by atoms with Crippen molar-refractivity contribution in [2.24, 2.45) is 5.73 Å². The minimum Gasteiger partial charge on any atom is -0.369 e. The molecule has 82 valence electrons. The number of primary amides is 1. The van der Waals surface area contributed by atoms with Gasteiger partial charge in [0.1, 0.15) is 0 Å². The number of nitrogens with two attached hydrogens (primary N) is 1. The smallest absolute Gasteiger partial charge is 0.224 e. The number of hydrogen-bond acceptors (Lipinski definition) is 3.